The fraction of sp³-hybridized carbons (Fsp3) is 0.857. The summed E-state index contributed by atoms with van der Waals surface area (Å²) < 4.78 is 0. The second kappa shape index (κ2) is 3.95. The normalized spacial score (nSPS) is 23.8. The fourth-order valence-corrected chi connectivity index (χ4v) is 0.679. The molecule has 0 fully saturated rings. The zero-order chi connectivity index (χ0) is 9.94. The minimum absolute atomic E-state index is 0.114. The van der Waals surface area contributed by atoms with Crippen molar-refractivity contribution in [2.75, 3.05) is 0 Å². The van der Waals surface area contributed by atoms with Crippen molar-refractivity contribution in [2.45, 2.75) is 37.8 Å². The van der Waals surface area contributed by atoms with E-state index in [1.54, 1.807) is 0 Å². The quantitative estimate of drug-likeness (QED) is 0.375. The van der Waals surface area contributed by atoms with Crippen molar-refractivity contribution in [1.29, 1.82) is 0 Å². The van der Waals surface area contributed by atoms with Crippen LogP contribution in [0, 0.1) is 0 Å². The summed E-state index contributed by atoms with van der Waals surface area (Å²) in [5, 5.41) is 36.1. The molecule has 0 aromatic rings. The summed E-state index contributed by atoms with van der Waals surface area (Å²) in [7, 11) is 0. The lowest BCUT2D eigenvalue weighted by Gasteiger charge is -2.28. The minimum Gasteiger partial charge on any atom is -0.391 e. The van der Waals surface area contributed by atoms with E-state index in [0.29, 0.717) is 0 Å². The van der Waals surface area contributed by atoms with Gasteiger partial charge in [-0.1, -0.05) is 0 Å². The smallest absolute Gasteiger partial charge is 0.154 e. The van der Waals surface area contributed by atoms with Crippen molar-refractivity contribution in [3.63, 3.8) is 0 Å². The number of hydrogen-bond acceptors (Lipinski definition) is 5. The summed E-state index contributed by atoms with van der Waals surface area (Å²) in [5.74, 6) is 0. The van der Waals surface area contributed by atoms with Gasteiger partial charge in [0, 0.05) is 0 Å². The van der Waals surface area contributed by atoms with Crippen molar-refractivity contribution in [1.82, 2.24) is 0 Å². The second-order valence-electron chi connectivity index (χ2n) is 3.02. The summed E-state index contributed by atoms with van der Waals surface area (Å²) in [6.45, 7) is 2.30. The highest BCUT2D eigenvalue weighted by molar-refractivity contribution is 5.62. The highest BCUT2D eigenvalue weighted by Gasteiger charge is 2.37. The molecule has 0 aliphatic carbocycles. The van der Waals surface area contributed by atoms with E-state index in [0.717, 1.165) is 6.92 Å². The Hall–Kier alpha value is -0.490. The number of rotatable bonds is 4. The first-order chi connectivity index (χ1) is 5.33. The van der Waals surface area contributed by atoms with Gasteiger partial charge in [0.1, 0.15) is 17.8 Å². The summed E-state index contributed by atoms with van der Waals surface area (Å²) in [6, 6.07) is 0. The topological polar surface area (TPSA) is 98.0 Å². The first kappa shape index (κ1) is 11.5. The number of aliphatic hydroxyl groups is 4. The maximum Gasteiger partial charge on any atom is 0.154 e. The molecule has 0 radical (unpaired) electrons. The van der Waals surface area contributed by atoms with Gasteiger partial charge in [0.15, 0.2) is 6.29 Å². The SMILES string of the molecule is CC(O)[C@@H](O)[C@H](O)[C@@](C)(O)C=O. The van der Waals surface area contributed by atoms with Crippen LogP contribution in [0.5, 0.6) is 0 Å². The van der Waals surface area contributed by atoms with Crippen molar-refractivity contribution in [3.05, 3.63) is 0 Å². The first-order valence-corrected chi connectivity index (χ1v) is 3.56. The van der Waals surface area contributed by atoms with Gasteiger partial charge in [-0.15, -0.1) is 0 Å². The number of aldehydes is 1. The Bertz CT molecular complexity index is 154. The number of carbonyl (C=O) groups is 1. The Balaban J connectivity index is 4.37. The van der Waals surface area contributed by atoms with Crippen molar-refractivity contribution in [3.8, 4) is 0 Å². The lowest BCUT2D eigenvalue weighted by Crippen LogP contribution is -2.51. The largest absolute Gasteiger partial charge is 0.391 e. The molecular weight excluding hydrogens is 164 g/mol. The monoisotopic (exact) mass is 178 g/mol. The molecule has 0 aliphatic rings. The van der Waals surface area contributed by atoms with E-state index in [2.05, 4.69) is 0 Å². The molecule has 0 aromatic carbocycles. The van der Waals surface area contributed by atoms with Crippen LogP contribution in [0.2, 0.25) is 0 Å². The Morgan fingerprint density at radius 2 is 1.75 bits per heavy atom. The van der Waals surface area contributed by atoms with Gasteiger partial charge in [0.05, 0.1) is 6.10 Å². The Labute approximate surface area is 70.3 Å². The molecule has 0 spiro atoms. The van der Waals surface area contributed by atoms with Crippen LogP contribution in [0.4, 0.5) is 0 Å². The Morgan fingerprint density at radius 1 is 1.33 bits per heavy atom. The third-order valence-electron chi connectivity index (χ3n) is 1.66. The molecule has 1 unspecified atom stereocenters. The summed E-state index contributed by atoms with van der Waals surface area (Å²) in [5.41, 5.74) is -2.03. The Morgan fingerprint density at radius 3 is 2.00 bits per heavy atom. The summed E-state index contributed by atoms with van der Waals surface area (Å²) >= 11 is 0. The minimum atomic E-state index is -2.03. The standard InChI is InChI=1S/C7H14O5/c1-4(9)5(10)6(11)7(2,12)3-8/h3-6,9-12H,1-2H3/t4?,5-,6+,7+/m1/s1. The molecule has 0 heterocycles. The van der Waals surface area contributed by atoms with Crippen LogP contribution in [-0.2, 0) is 4.79 Å². The van der Waals surface area contributed by atoms with Gasteiger partial charge in [-0.05, 0) is 13.8 Å². The Kier molecular flexibility index (Phi) is 3.79. The number of carbonyl (C=O) groups excluding carboxylic acids is 1. The molecule has 72 valence electrons. The van der Waals surface area contributed by atoms with Crippen molar-refractivity contribution in [2.24, 2.45) is 0 Å². The lowest BCUT2D eigenvalue weighted by molar-refractivity contribution is -0.155. The summed E-state index contributed by atoms with van der Waals surface area (Å²) in [6.07, 6.45) is -4.31. The van der Waals surface area contributed by atoms with Crippen molar-refractivity contribution < 1.29 is 25.2 Å². The van der Waals surface area contributed by atoms with Crippen LogP contribution in [0.15, 0.2) is 0 Å². The molecule has 4 atom stereocenters. The zero-order valence-electron chi connectivity index (χ0n) is 7.01. The van der Waals surface area contributed by atoms with E-state index in [9.17, 15) is 4.79 Å². The molecule has 0 saturated carbocycles. The third kappa shape index (κ3) is 2.53. The van der Waals surface area contributed by atoms with Crippen LogP contribution < -0.4 is 0 Å². The van der Waals surface area contributed by atoms with E-state index in [1.165, 1.54) is 6.92 Å². The predicted octanol–water partition coefficient (Wildman–Crippen LogP) is -1.96. The van der Waals surface area contributed by atoms with E-state index >= 15 is 0 Å². The van der Waals surface area contributed by atoms with E-state index < -0.39 is 23.9 Å². The van der Waals surface area contributed by atoms with Crippen LogP contribution in [0.25, 0.3) is 0 Å². The van der Waals surface area contributed by atoms with Gasteiger partial charge >= 0.3 is 0 Å². The fourth-order valence-electron chi connectivity index (χ4n) is 0.679. The van der Waals surface area contributed by atoms with E-state index in [1.807, 2.05) is 0 Å². The lowest BCUT2D eigenvalue weighted by atomic mass is 9.94. The van der Waals surface area contributed by atoms with Crippen LogP contribution in [0.1, 0.15) is 13.8 Å². The average Bonchev–Trinajstić information content (AvgIpc) is 2.01. The van der Waals surface area contributed by atoms with E-state index in [-0.39, 0.29) is 6.29 Å². The highest BCUT2D eigenvalue weighted by atomic mass is 16.4. The molecule has 12 heavy (non-hydrogen) atoms. The van der Waals surface area contributed by atoms with Crippen molar-refractivity contribution >= 4 is 6.29 Å². The van der Waals surface area contributed by atoms with Crippen LogP contribution in [-0.4, -0.2) is 50.6 Å². The van der Waals surface area contributed by atoms with Crippen LogP contribution in [0.3, 0.4) is 0 Å². The van der Waals surface area contributed by atoms with Gasteiger partial charge < -0.3 is 25.2 Å². The third-order valence-corrected chi connectivity index (χ3v) is 1.66. The molecule has 5 nitrogen and oxygen atoms in total. The molecule has 0 rings (SSSR count). The molecule has 0 aromatic heterocycles. The summed E-state index contributed by atoms with van der Waals surface area (Å²) in [4.78, 5) is 10.2. The molecule has 4 N–H and O–H groups in total. The molecule has 0 amide bonds. The number of hydrogen-bond donors (Lipinski definition) is 4. The van der Waals surface area contributed by atoms with Gasteiger partial charge in [-0.2, -0.15) is 0 Å². The highest BCUT2D eigenvalue weighted by Crippen LogP contribution is 2.12. The first-order valence-electron chi connectivity index (χ1n) is 3.56. The molecule has 5 heteroatoms. The van der Waals surface area contributed by atoms with Crippen LogP contribution >= 0.6 is 0 Å². The zero-order valence-corrected chi connectivity index (χ0v) is 7.01. The van der Waals surface area contributed by atoms with E-state index in [4.69, 9.17) is 20.4 Å². The maximum absolute atomic E-state index is 10.2. The van der Waals surface area contributed by atoms with Gasteiger partial charge in [0.25, 0.3) is 0 Å². The maximum atomic E-state index is 10.2. The molecular formula is C7H14O5. The van der Waals surface area contributed by atoms with Gasteiger partial charge in [-0.3, -0.25) is 0 Å². The van der Waals surface area contributed by atoms with Gasteiger partial charge in [0.2, 0.25) is 0 Å². The predicted molar refractivity (Wildman–Crippen MR) is 40.4 cm³/mol. The second-order valence-corrected chi connectivity index (χ2v) is 3.02. The molecule has 0 bridgehead atoms. The molecule has 0 aliphatic heterocycles. The number of aliphatic hydroxyl groups excluding tert-OH is 3. The molecule has 0 saturated heterocycles. The average molecular weight is 178 g/mol. The van der Waals surface area contributed by atoms with Gasteiger partial charge in [-0.25, -0.2) is 0 Å².